The number of aryl methyl sites for hydroxylation is 1. The SMILES string of the molecule is CC[C@@H](C)NC(=O)[C@@H](Cc1ccccc1)N(Cc1cccc(Cl)c1)C(=O)CN(c1ccc(Cl)cc1)S(=O)(=O)c1ccc(C)cc1. The fourth-order valence-corrected chi connectivity index (χ4v) is 6.55. The van der Waals surface area contributed by atoms with Gasteiger partial charge in [0.25, 0.3) is 10.0 Å². The Kier molecular flexibility index (Phi) is 11.7. The van der Waals surface area contributed by atoms with Crippen LogP contribution in [-0.4, -0.2) is 43.8 Å². The standard InChI is InChI=1S/C35H37Cl2N3O4S/c1-4-26(3)38-35(42)33(22-27-9-6-5-7-10-27)39(23-28-11-8-12-30(37)21-28)34(41)24-40(31-17-15-29(36)16-18-31)45(43,44)32-19-13-25(2)14-20-32/h5-21,26,33H,4,22-24H2,1-3H3,(H,38,42)/t26-,33-/m1/s1. The summed E-state index contributed by atoms with van der Waals surface area (Å²) in [5.74, 6) is -0.885. The van der Waals surface area contributed by atoms with Gasteiger partial charge >= 0.3 is 0 Å². The molecule has 7 nitrogen and oxygen atoms in total. The summed E-state index contributed by atoms with van der Waals surface area (Å²) in [5.41, 5.74) is 2.71. The third-order valence-corrected chi connectivity index (χ3v) is 9.79. The number of amides is 2. The maximum Gasteiger partial charge on any atom is 0.264 e. The molecule has 0 fully saturated rings. The number of carbonyl (C=O) groups is 2. The van der Waals surface area contributed by atoms with Crippen LogP contribution in [0.4, 0.5) is 5.69 Å². The van der Waals surface area contributed by atoms with Crippen molar-refractivity contribution in [3.8, 4) is 0 Å². The molecule has 0 aliphatic heterocycles. The topological polar surface area (TPSA) is 86.8 Å². The first-order valence-corrected chi connectivity index (χ1v) is 16.9. The highest BCUT2D eigenvalue weighted by molar-refractivity contribution is 7.92. The van der Waals surface area contributed by atoms with Crippen LogP contribution in [-0.2, 0) is 32.6 Å². The predicted octanol–water partition coefficient (Wildman–Crippen LogP) is 7.05. The first-order valence-electron chi connectivity index (χ1n) is 14.7. The van der Waals surface area contributed by atoms with Gasteiger partial charge in [-0.2, -0.15) is 0 Å². The summed E-state index contributed by atoms with van der Waals surface area (Å²) in [6.45, 7) is 5.20. The van der Waals surface area contributed by atoms with Crippen LogP contribution in [0.2, 0.25) is 10.0 Å². The van der Waals surface area contributed by atoms with E-state index in [-0.39, 0.29) is 35.5 Å². The molecule has 4 aromatic carbocycles. The van der Waals surface area contributed by atoms with Crippen molar-refractivity contribution in [1.29, 1.82) is 0 Å². The van der Waals surface area contributed by atoms with Crippen LogP contribution >= 0.6 is 23.2 Å². The Morgan fingerprint density at radius 2 is 1.47 bits per heavy atom. The summed E-state index contributed by atoms with van der Waals surface area (Å²) in [4.78, 5) is 29.9. The van der Waals surface area contributed by atoms with Crippen molar-refractivity contribution in [2.75, 3.05) is 10.8 Å². The molecule has 0 saturated heterocycles. The highest BCUT2D eigenvalue weighted by Gasteiger charge is 2.35. The van der Waals surface area contributed by atoms with E-state index in [9.17, 15) is 18.0 Å². The summed E-state index contributed by atoms with van der Waals surface area (Å²) < 4.78 is 29.3. The number of rotatable bonds is 13. The van der Waals surface area contributed by atoms with E-state index in [1.165, 1.54) is 17.0 Å². The van der Waals surface area contributed by atoms with Crippen molar-refractivity contribution in [1.82, 2.24) is 10.2 Å². The monoisotopic (exact) mass is 665 g/mol. The number of nitrogens with one attached hydrogen (secondary N) is 1. The van der Waals surface area contributed by atoms with Crippen LogP contribution in [0.3, 0.4) is 0 Å². The lowest BCUT2D eigenvalue weighted by Gasteiger charge is -2.34. The fourth-order valence-electron chi connectivity index (χ4n) is 4.80. The van der Waals surface area contributed by atoms with E-state index in [2.05, 4.69) is 5.32 Å². The van der Waals surface area contributed by atoms with Crippen molar-refractivity contribution in [2.24, 2.45) is 0 Å². The lowest BCUT2D eigenvalue weighted by atomic mass is 10.0. The number of hydrogen-bond donors (Lipinski definition) is 1. The van der Waals surface area contributed by atoms with Gasteiger partial charge in [0.2, 0.25) is 11.8 Å². The number of benzene rings is 4. The summed E-state index contributed by atoms with van der Waals surface area (Å²) in [5, 5.41) is 3.93. The molecule has 10 heteroatoms. The van der Waals surface area contributed by atoms with E-state index in [4.69, 9.17) is 23.2 Å². The van der Waals surface area contributed by atoms with Gasteiger partial charge in [-0.15, -0.1) is 0 Å². The van der Waals surface area contributed by atoms with Crippen LogP contribution in [0, 0.1) is 6.92 Å². The van der Waals surface area contributed by atoms with Crippen LogP contribution in [0.5, 0.6) is 0 Å². The van der Waals surface area contributed by atoms with Gasteiger partial charge in [0.05, 0.1) is 10.6 Å². The molecule has 0 aromatic heterocycles. The minimum atomic E-state index is -4.20. The lowest BCUT2D eigenvalue weighted by Crippen LogP contribution is -2.54. The molecule has 0 aliphatic carbocycles. The van der Waals surface area contributed by atoms with Gasteiger partial charge < -0.3 is 10.2 Å². The van der Waals surface area contributed by atoms with Gasteiger partial charge in [-0.1, -0.05) is 90.3 Å². The second-order valence-electron chi connectivity index (χ2n) is 11.0. The maximum atomic E-state index is 14.5. The zero-order valence-electron chi connectivity index (χ0n) is 25.5. The number of sulfonamides is 1. The molecule has 236 valence electrons. The molecule has 0 radical (unpaired) electrons. The molecular formula is C35H37Cl2N3O4S. The van der Waals surface area contributed by atoms with E-state index in [0.717, 1.165) is 15.4 Å². The Balaban J connectivity index is 1.80. The Morgan fingerprint density at radius 3 is 2.09 bits per heavy atom. The fraction of sp³-hybridized carbons (Fsp3) is 0.257. The van der Waals surface area contributed by atoms with Crippen molar-refractivity contribution < 1.29 is 18.0 Å². The normalized spacial score (nSPS) is 12.6. The van der Waals surface area contributed by atoms with Crippen LogP contribution in [0.1, 0.15) is 37.0 Å². The van der Waals surface area contributed by atoms with Gasteiger partial charge in [-0.25, -0.2) is 8.42 Å². The number of hydrogen-bond acceptors (Lipinski definition) is 4. The van der Waals surface area contributed by atoms with Crippen LogP contribution in [0.15, 0.2) is 108 Å². The summed E-state index contributed by atoms with van der Waals surface area (Å²) in [7, 11) is -4.20. The molecule has 45 heavy (non-hydrogen) atoms. The van der Waals surface area contributed by atoms with E-state index < -0.39 is 28.5 Å². The van der Waals surface area contributed by atoms with Gasteiger partial charge in [0.15, 0.2) is 0 Å². The van der Waals surface area contributed by atoms with Gasteiger partial charge in [0, 0.05) is 29.1 Å². The zero-order valence-corrected chi connectivity index (χ0v) is 27.8. The Morgan fingerprint density at radius 1 is 0.822 bits per heavy atom. The van der Waals surface area contributed by atoms with Crippen molar-refractivity contribution in [3.63, 3.8) is 0 Å². The Bertz CT molecular complexity index is 1700. The Labute approximate surface area is 275 Å². The molecule has 2 atom stereocenters. The Hall–Kier alpha value is -3.85. The molecular weight excluding hydrogens is 629 g/mol. The molecule has 0 aliphatic rings. The predicted molar refractivity (Wildman–Crippen MR) is 181 cm³/mol. The lowest BCUT2D eigenvalue weighted by molar-refractivity contribution is -0.140. The quantitative estimate of drug-likeness (QED) is 0.166. The largest absolute Gasteiger partial charge is 0.352 e. The molecule has 0 heterocycles. The third kappa shape index (κ3) is 9.10. The molecule has 4 rings (SSSR count). The summed E-state index contributed by atoms with van der Waals surface area (Å²) >= 11 is 12.4. The summed E-state index contributed by atoms with van der Waals surface area (Å²) in [6, 6.07) is 28.1. The van der Waals surface area contributed by atoms with Crippen molar-refractivity contribution in [3.05, 3.63) is 130 Å². The molecule has 0 bridgehead atoms. The molecule has 0 unspecified atom stereocenters. The number of carbonyl (C=O) groups excluding carboxylic acids is 2. The second-order valence-corrected chi connectivity index (χ2v) is 13.7. The highest BCUT2D eigenvalue weighted by atomic mass is 35.5. The van der Waals surface area contributed by atoms with E-state index >= 15 is 0 Å². The van der Waals surface area contributed by atoms with Crippen LogP contribution in [0.25, 0.3) is 0 Å². The maximum absolute atomic E-state index is 14.5. The number of anilines is 1. The van der Waals surface area contributed by atoms with E-state index in [1.54, 1.807) is 54.6 Å². The molecule has 0 spiro atoms. The van der Waals surface area contributed by atoms with Gasteiger partial charge in [-0.05, 0) is 79.9 Å². The minimum absolute atomic E-state index is 0.0316. The van der Waals surface area contributed by atoms with Crippen LogP contribution < -0.4 is 9.62 Å². The smallest absolute Gasteiger partial charge is 0.264 e. The molecule has 1 N–H and O–H groups in total. The van der Waals surface area contributed by atoms with E-state index in [0.29, 0.717) is 22.0 Å². The molecule has 0 saturated carbocycles. The average molecular weight is 667 g/mol. The van der Waals surface area contributed by atoms with Crippen molar-refractivity contribution in [2.45, 2.75) is 57.1 Å². The molecule has 4 aromatic rings. The second kappa shape index (κ2) is 15.4. The van der Waals surface area contributed by atoms with Gasteiger partial charge in [-0.3, -0.25) is 13.9 Å². The summed E-state index contributed by atoms with van der Waals surface area (Å²) in [6.07, 6.45) is 0.923. The van der Waals surface area contributed by atoms with Gasteiger partial charge in [0.1, 0.15) is 12.6 Å². The first-order chi connectivity index (χ1) is 21.5. The van der Waals surface area contributed by atoms with Crippen molar-refractivity contribution >= 4 is 50.7 Å². The van der Waals surface area contributed by atoms with E-state index in [1.807, 2.05) is 57.2 Å². The highest BCUT2D eigenvalue weighted by Crippen LogP contribution is 2.27. The average Bonchev–Trinajstić information content (AvgIpc) is 3.02. The minimum Gasteiger partial charge on any atom is -0.352 e. The number of nitrogens with zero attached hydrogens (tertiary/aromatic N) is 2. The first kappa shape index (κ1) is 34.0. The zero-order chi connectivity index (χ0) is 32.6. The molecule has 2 amide bonds. The third-order valence-electron chi connectivity index (χ3n) is 7.52. The number of halogens is 2.